The molecule has 1 saturated heterocycles. The second kappa shape index (κ2) is 5.73. The summed E-state index contributed by atoms with van der Waals surface area (Å²) in [6.07, 6.45) is 1.22. The van der Waals surface area contributed by atoms with Gasteiger partial charge in [-0.15, -0.1) is 0 Å². The highest BCUT2D eigenvalue weighted by Crippen LogP contribution is 2.23. The fraction of sp³-hybridized carbons (Fsp3) is 0.467. The summed E-state index contributed by atoms with van der Waals surface area (Å²) in [5, 5.41) is 6.12. The lowest BCUT2D eigenvalue weighted by Gasteiger charge is -2.26. The van der Waals surface area contributed by atoms with E-state index >= 15 is 0 Å². The smallest absolute Gasteiger partial charge is 0.224 e. The van der Waals surface area contributed by atoms with Gasteiger partial charge < -0.3 is 10.6 Å². The SMILES string of the molecule is O=C1CCc2cc(C(=O)CN3CCNCC3)ccc2N1. The third-order valence-corrected chi connectivity index (χ3v) is 3.90. The third-order valence-electron chi connectivity index (χ3n) is 3.90. The Morgan fingerprint density at radius 3 is 2.80 bits per heavy atom. The molecule has 5 nitrogen and oxygen atoms in total. The van der Waals surface area contributed by atoms with Crippen molar-refractivity contribution in [3.8, 4) is 0 Å². The number of ketones is 1. The molecule has 2 aliphatic heterocycles. The molecule has 2 aliphatic rings. The first kappa shape index (κ1) is 13.3. The molecule has 0 aromatic heterocycles. The van der Waals surface area contributed by atoms with Crippen LogP contribution in [0, 0.1) is 0 Å². The molecule has 1 amide bonds. The molecule has 3 rings (SSSR count). The maximum absolute atomic E-state index is 12.3. The highest BCUT2D eigenvalue weighted by Gasteiger charge is 2.18. The summed E-state index contributed by atoms with van der Waals surface area (Å²) in [5.41, 5.74) is 2.66. The highest BCUT2D eigenvalue weighted by molar-refractivity contribution is 6.00. The number of fused-ring (bicyclic) bond motifs is 1. The third kappa shape index (κ3) is 2.89. The van der Waals surface area contributed by atoms with Crippen LogP contribution in [0.15, 0.2) is 18.2 Å². The summed E-state index contributed by atoms with van der Waals surface area (Å²) in [5.74, 6) is 0.212. The van der Waals surface area contributed by atoms with Crippen LogP contribution in [-0.2, 0) is 11.2 Å². The summed E-state index contributed by atoms with van der Waals surface area (Å²) < 4.78 is 0. The van der Waals surface area contributed by atoms with Crippen LogP contribution in [0.4, 0.5) is 5.69 Å². The van der Waals surface area contributed by atoms with Crippen LogP contribution in [0.1, 0.15) is 22.3 Å². The van der Waals surface area contributed by atoms with Gasteiger partial charge in [0.1, 0.15) is 0 Å². The largest absolute Gasteiger partial charge is 0.326 e. The van der Waals surface area contributed by atoms with Crippen LogP contribution in [-0.4, -0.2) is 49.3 Å². The Hall–Kier alpha value is -1.72. The number of hydrogen-bond donors (Lipinski definition) is 2. The normalized spacial score (nSPS) is 19.3. The Balaban J connectivity index is 1.70. The second-order valence-corrected chi connectivity index (χ2v) is 5.37. The van der Waals surface area contributed by atoms with Gasteiger partial charge in [0, 0.05) is 43.9 Å². The molecule has 0 saturated carbocycles. The zero-order valence-electron chi connectivity index (χ0n) is 11.4. The number of rotatable bonds is 3. The van der Waals surface area contributed by atoms with E-state index in [1.165, 1.54) is 0 Å². The average molecular weight is 273 g/mol. The van der Waals surface area contributed by atoms with Crippen LogP contribution in [0.5, 0.6) is 0 Å². The molecule has 0 aliphatic carbocycles. The van der Waals surface area contributed by atoms with Crippen molar-refractivity contribution >= 4 is 17.4 Å². The van der Waals surface area contributed by atoms with Crippen LogP contribution >= 0.6 is 0 Å². The zero-order chi connectivity index (χ0) is 13.9. The molecule has 2 heterocycles. The molecule has 0 bridgehead atoms. The molecule has 1 aromatic rings. The molecule has 5 heteroatoms. The molecule has 1 fully saturated rings. The van der Waals surface area contributed by atoms with Gasteiger partial charge in [-0.1, -0.05) is 0 Å². The molecule has 106 valence electrons. The Bertz CT molecular complexity index is 536. The van der Waals surface area contributed by atoms with Crippen LogP contribution in [0.25, 0.3) is 0 Å². The van der Waals surface area contributed by atoms with Gasteiger partial charge in [0.25, 0.3) is 0 Å². The van der Waals surface area contributed by atoms with Crippen molar-refractivity contribution in [3.63, 3.8) is 0 Å². The van der Waals surface area contributed by atoms with Gasteiger partial charge in [-0.3, -0.25) is 14.5 Å². The van der Waals surface area contributed by atoms with E-state index in [9.17, 15) is 9.59 Å². The first-order valence-electron chi connectivity index (χ1n) is 7.11. The minimum Gasteiger partial charge on any atom is -0.326 e. The van der Waals surface area contributed by atoms with Crippen molar-refractivity contribution in [2.45, 2.75) is 12.8 Å². The van der Waals surface area contributed by atoms with E-state index in [-0.39, 0.29) is 11.7 Å². The molecule has 0 unspecified atom stereocenters. The van der Waals surface area contributed by atoms with E-state index in [0.717, 1.165) is 49.4 Å². The Morgan fingerprint density at radius 2 is 2.00 bits per heavy atom. The lowest BCUT2D eigenvalue weighted by molar-refractivity contribution is -0.116. The van der Waals surface area contributed by atoms with Crippen molar-refractivity contribution in [2.24, 2.45) is 0 Å². The van der Waals surface area contributed by atoms with Crippen LogP contribution < -0.4 is 10.6 Å². The molecule has 1 aromatic carbocycles. The summed E-state index contributed by atoms with van der Waals surface area (Å²) in [6, 6.07) is 5.59. The lowest BCUT2D eigenvalue weighted by atomic mass is 9.98. The highest BCUT2D eigenvalue weighted by atomic mass is 16.1. The van der Waals surface area contributed by atoms with Crippen molar-refractivity contribution in [2.75, 3.05) is 38.0 Å². The van der Waals surface area contributed by atoms with Gasteiger partial charge in [-0.2, -0.15) is 0 Å². The van der Waals surface area contributed by atoms with E-state index < -0.39 is 0 Å². The zero-order valence-corrected chi connectivity index (χ0v) is 11.4. The number of amides is 1. The van der Waals surface area contributed by atoms with Gasteiger partial charge in [0.05, 0.1) is 6.54 Å². The molecule has 0 spiro atoms. The molecular formula is C15H19N3O2. The first-order chi connectivity index (χ1) is 9.72. The number of piperazine rings is 1. The van der Waals surface area contributed by atoms with Crippen LogP contribution in [0.3, 0.4) is 0 Å². The van der Waals surface area contributed by atoms with Gasteiger partial charge in [0.15, 0.2) is 5.78 Å². The average Bonchev–Trinajstić information content (AvgIpc) is 2.47. The number of nitrogens with one attached hydrogen (secondary N) is 2. The number of carbonyl (C=O) groups excluding carboxylic acids is 2. The van der Waals surface area contributed by atoms with Crippen LogP contribution in [0.2, 0.25) is 0 Å². The van der Waals surface area contributed by atoms with Crippen molar-refractivity contribution in [1.82, 2.24) is 10.2 Å². The second-order valence-electron chi connectivity index (χ2n) is 5.37. The quantitative estimate of drug-likeness (QED) is 0.794. The Labute approximate surface area is 118 Å². The molecule has 20 heavy (non-hydrogen) atoms. The number of benzene rings is 1. The standard InChI is InChI=1S/C15H19N3O2/c19-14(10-18-7-5-16-6-8-18)12-1-3-13-11(9-12)2-4-15(20)17-13/h1,3,9,16H,2,4-8,10H2,(H,17,20). The molecule has 0 atom stereocenters. The number of Topliss-reactive ketones (excluding diaryl/α,β-unsaturated/α-hetero) is 1. The summed E-state index contributed by atoms with van der Waals surface area (Å²) in [4.78, 5) is 25.8. The van der Waals surface area contributed by atoms with E-state index in [2.05, 4.69) is 15.5 Å². The minimum absolute atomic E-state index is 0.0531. The lowest BCUT2D eigenvalue weighted by Crippen LogP contribution is -2.45. The number of nitrogens with zero attached hydrogens (tertiary/aromatic N) is 1. The van der Waals surface area contributed by atoms with Gasteiger partial charge in [-0.25, -0.2) is 0 Å². The predicted molar refractivity (Wildman–Crippen MR) is 77.0 cm³/mol. The van der Waals surface area contributed by atoms with E-state index in [0.29, 0.717) is 13.0 Å². The van der Waals surface area contributed by atoms with Crippen molar-refractivity contribution < 1.29 is 9.59 Å². The number of anilines is 1. The summed E-state index contributed by atoms with van der Waals surface area (Å²) in [7, 11) is 0. The van der Waals surface area contributed by atoms with Gasteiger partial charge >= 0.3 is 0 Å². The number of hydrogen-bond acceptors (Lipinski definition) is 4. The number of aryl methyl sites for hydroxylation is 1. The summed E-state index contributed by atoms with van der Waals surface area (Å²) >= 11 is 0. The topological polar surface area (TPSA) is 61.4 Å². The van der Waals surface area contributed by atoms with E-state index in [1.54, 1.807) is 0 Å². The van der Waals surface area contributed by atoms with E-state index in [4.69, 9.17) is 0 Å². The first-order valence-corrected chi connectivity index (χ1v) is 7.11. The van der Waals surface area contributed by atoms with E-state index in [1.807, 2.05) is 18.2 Å². The Morgan fingerprint density at radius 1 is 1.20 bits per heavy atom. The van der Waals surface area contributed by atoms with Gasteiger partial charge in [0.2, 0.25) is 5.91 Å². The van der Waals surface area contributed by atoms with Gasteiger partial charge in [-0.05, 0) is 30.2 Å². The minimum atomic E-state index is 0.0531. The molecular weight excluding hydrogens is 254 g/mol. The number of carbonyl (C=O) groups is 2. The maximum atomic E-state index is 12.3. The fourth-order valence-electron chi connectivity index (χ4n) is 2.72. The monoisotopic (exact) mass is 273 g/mol. The van der Waals surface area contributed by atoms with Crippen molar-refractivity contribution in [1.29, 1.82) is 0 Å². The van der Waals surface area contributed by atoms with Crippen molar-refractivity contribution in [3.05, 3.63) is 29.3 Å². The molecule has 2 N–H and O–H groups in total. The molecule has 0 radical (unpaired) electrons. The fourth-order valence-corrected chi connectivity index (χ4v) is 2.72. The predicted octanol–water partition coefficient (Wildman–Crippen LogP) is 0.659. The summed E-state index contributed by atoms with van der Waals surface area (Å²) in [6.45, 7) is 4.22. The Kier molecular flexibility index (Phi) is 3.80. The maximum Gasteiger partial charge on any atom is 0.224 e.